The molecule has 0 spiro atoms. The summed E-state index contributed by atoms with van der Waals surface area (Å²) < 4.78 is 13.3. The van der Waals surface area contributed by atoms with Crippen molar-refractivity contribution < 1.29 is 9.18 Å². The van der Waals surface area contributed by atoms with Gasteiger partial charge in [0.2, 0.25) is 0 Å². The van der Waals surface area contributed by atoms with Crippen LogP contribution in [0.5, 0.6) is 0 Å². The number of carbonyl (C=O) groups excluding carboxylic acids is 1. The minimum Gasteiger partial charge on any atom is -0.352 e. The van der Waals surface area contributed by atoms with Crippen LogP contribution in [0.4, 0.5) is 4.39 Å². The molecule has 80 valence electrons. The maximum atomic E-state index is 13.3. The summed E-state index contributed by atoms with van der Waals surface area (Å²) in [6.07, 6.45) is 2.29. The van der Waals surface area contributed by atoms with E-state index in [4.69, 9.17) is 11.6 Å². The molecule has 0 bridgehead atoms. The highest BCUT2D eigenvalue weighted by molar-refractivity contribution is 6.33. The van der Waals surface area contributed by atoms with Gasteiger partial charge in [0.05, 0.1) is 10.6 Å². The summed E-state index contributed by atoms with van der Waals surface area (Å²) in [6.45, 7) is 0.615. The highest BCUT2D eigenvalue weighted by Crippen LogP contribution is 2.28. The third kappa shape index (κ3) is 2.48. The van der Waals surface area contributed by atoms with Crippen molar-refractivity contribution in [1.82, 2.24) is 5.32 Å². The topological polar surface area (TPSA) is 29.1 Å². The molecular weight excluding hydrogens is 217 g/mol. The van der Waals surface area contributed by atoms with Gasteiger partial charge >= 0.3 is 0 Å². The molecule has 15 heavy (non-hydrogen) atoms. The molecule has 1 N–H and O–H groups in total. The lowest BCUT2D eigenvalue weighted by atomic mass is 10.2. The molecule has 0 heterocycles. The first-order chi connectivity index (χ1) is 7.18. The molecule has 2 nitrogen and oxygen atoms in total. The zero-order chi connectivity index (χ0) is 10.8. The zero-order valence-electron chi connectivity index (χ0n) is 8.09. The number of benzene rings is 1. The number of hydrogen-bond acceptors (Lipinski definition) is 1. The second-order valence-electron chi connectivity index (χ2n) is 3.75. The van der Waals surface area contributed by atoms with Crippen molar-refractivity contribution in [1.29, 1.82) is 0 Å². The van der Waals surface area contributed by atoms with Gasteiger partial charge < -0.3 is 5.32 Å². The Labute approximate surface area is 92.4 Å². The molecule has 1 fully saturated rings. The molecule has 4 heteroatoms. The monoisotopic (exact) mass is 227 g/mol. The van der Waals surface area contributed by atoms with E-state index in [-0.39, 0.29) is 10.6 Å². The normalized spacial score (nSPS) is 15.1. The van der Waals surface area contributed by atoms with E-state index >= 15 is 0 Å². The zero-order valence-corrected chi connectivity index (χ0v) is 8.85. The van der Waals surface area contributed by atoms with Gasteiger partial charge in [0.15, 0.2) is 0 Å². The van der Waals surface area contributed by atoms with Gasteiger partial charge in [0.1, 0.15) is 5.82 Å². The number of nitrogens with one attached hydrogen (secondary N) is 1. The Kier molecular flexibility index (Phi) is 2.91. The molecule has 1 amide bonds. The molecule has 0 radical (unpaired) electrons. The predicted molar refractivity (Wildman–Crippen MR) is 56.5 cm³/mol. The maximum Gasteiger partial charge on any atom is 0.255 e. The lowest BCUT2D eigenvalue weighted by molar-refractivity contribution is 0.0948. The fraction of sp³-hybridized carbons (Fsp3) is 0.364. The summed E-state index contributed by atoms with van der Waals surface area (Å²) >= 11 is 5.75. The van der Waals surface area contributed by atoms with E-state index in [0.717, 1.165) is 12.8 Å². The number of carbonyl (C=O) groups is 1. The van der Waals surface area contributed by atoms with E-state index in [0.29, 0.717) is 12.5 Å². The third-order valence-electron chi connectivity index (χ3n) is 2.44. The molecular formula is C11H11ClFNO. The average molecular weight is 228 g/mol. The van der Waals surface area contributed by atoms with Crippen molar-refractivity contribution in [3.63, 3.8) is 0 Å². The lowest BCUT2D eigenvalue weighted by Crippen LogP contribution is -2.26. The molecule has 0 aliphatic heterocycles. The molecule has 1 aliphatic carbocycles. The first kappa shape index (κ1) is 10.4. The highest BCUT2D eigenvalue weighted by Gasteiger charge is 2.23. The second kappa shape index (κ2) is 4.19. The SMILES string of the molecule is O=C(NCC1CC1)c1c(F)cccc1Cl. The summed E-state index contributed by atoms with van der Waals surface area (Å²) in [4.78, 5) is 11.6. The summed E-state index contributed by atoms with van der Waals surface area (Å²) in [5, 5.41) is 2.83. The summed E-state index contributed by atoms with van der Waals surface area (Å²) in [5.41, 5.74) is -0.0557. The van der Waals surface area contributed by atoms with E-state index in [1.165, 1.54) is 18.2 Å². The Balaban J connectivity index is 2.09. The van der Waals surface area contributed by atoms with Gasteiger partial charge in [-0.05, 0) is 30.9 Å². The van der Waals surface area contributed by atoms with E-state index in [2.05, 4.69) is 5.32 Å². The van der Waals surface area contributed by atoms with Gasteiger partial charge in [-0.15, -0.1) is 0 Å². The lowest BCUT2D eigenvalue weighted by Gasteiger charge is -2.06. The summed E-state index contributed by atoms with van der Waals surface area (Å²) in [7, 11) is 0. The number of halogens is 2. The van der Waals surface area contributed by atoms with Gasteiger partial charge in [0, 0.05) is 6.54 Å². The first-order valence-corrected chi connectivity index (χ1v) is 5.28. The van der Waals surface area contributed by atoms with Crippen LogP contribution < -0.4 is 5.32 Å². The minimum absolute atomic E-state index is 0.0557. The standard InChI is InChI=1S/C11H11ClFNO/c12-8-2-1-3-9(13)10(8)11(15)14-6-7-4-5-7/h1-3,7H,4-6H2,(H,14,15). The van der Waals surface area contributed by atoms with Crippen LogP contribution >= 0.6 is 11.6 Å². The van der Waals surface area contributed by atoms with Crippen molar-refractivity contribution in [2.45, 2.75) is 12.8 Å². The van der Waals surface area contributed by atoms with Gasteiger partial charge in [-0.25, -0.2) is 4.39 Å². The van der Waals surface area contributed by atoms with Gasteiger partial charge in [-0.3, -0.25) is 4.79 Å². The molecule has 0 atom stereocenters. The van der Waals surface area contributed by atoms with Crippen LogP contribution in [0.2, 0.25) is 5.02 Å². The van der Waals surface area contributed by atoms with Crippen LogP contribution in [0.1, 0.15) is 23.2 Å². The Morgan fingerprint density at radius 3 is 2.87 bits per heavy atom. The average Bonchev–Trinajstić information content (AvgIpc) is 2.97. The van der Waals surface area contributed by atoms with Gasteiger partial charge in [-0.1, -0.05) is 17.7 Å². The van der Waals surface area contributed by atoms with E-state index in [9.17, 15) is 9.18 Å². The largest absolute Gasteiger partial charge is 0.352 e. The Hall–Kier alpha value is -1.09. The van der Waals surface area contributed by atoms with Crippen LogP contribution in [-0.4, -0.2) is 12.5 Å². The number of hydrogen-bond donors (Lipinski definition) is 1. The smallest absolute Gasteiger partial charge is 0.255 e. The van der Waals surface area contributed by atoms with E-state index < -0.39 is 11.7 Å². The maximum absolute atomic E-state index is 13.3. The van der Waals surface area contributed by atoms with E-state index in [1.807, 2.05) is 0 Å². The van der Waals surface area contributed by atoms with Crippen LogP contribution in [0, 0.1) is 11.7 Å². The molecule has 1 saturated carbocycles. The molecule has 1 aromatic carbocycles. The molecule has 1 aromatic rings. The quantitative estimate of drug-likeness (QED) is 0.845. The molecule has 0 aromatic heterocycles. The fourth-order valence-corrected chi connectivity index (χ4v) is 1.61. The van der Waals surface area contributed by atoms with Crippen molar-refractivity contribution >= 4 is 17.5 Å². The molecule has 0 unspecified atom stereocenters. The summed E-state index contributed by atoms with van der Waals surface area (Å²) in [5.74, 6) is -0.430. The minimum atomic E-state index is -0.573. The van der Waals surface area contributed by atoms with E-state index in [1.54, 1.807) is 0 Å². The second-order valence-corrected chi connectivity index (χ2v) is 4.16. The molecule has 1 aliphatic rings. The highest BCUT2D eigenvalue weighted by atomic mass is 35.5. The van der Waals surface area contributed by atoms with Gasteiger partial charge in [-0.2, -0.15) is 0 Å². The van der Waals surface area contributed by atoms with Crippen LogP contribution in [-0.2, 0) is 0 Å². The van der Waals surface area contributed by atoms with Crippen LogP contribution in [0.15, 0.2) is 18.2 Å². The predicted octanol–water partition coefficient (Wildman–Crippen LogP) is 2.62. The van der Waals surface area contributed by atoms with Crippen molar-refractivity contribution in [3.8, 4) is 0 Å². The van der Waals surface area contributed by atoms with Crippen LogP contribution in [0.25, 0.3) is 0 Å². The Morgan fingerprint density at radius 1 is 1.53 bits per heavy atom. The van der Waals surface area contributed by atoms with Crippen molar-refractivity contribution in [3.05, 3.63) is 34.6 Å². The first-order valence-electron chi connectivity index (χ1n) is 4.90. The van der Waals surface area contributed by atoms with Gasteiger partial charge in [0.25, 0.3) is 5.91 Å². The fourth-order valence-electron chi connectivity index (χ4n) is 1.36. The number of amides is 1. The molecule has 2 rings (SSSR count). The van der Waals surface area contributed by atoms with Crippen LogP contribution in [0.3, 0.4) is 0 Å². The number of rotatable bonds is 3. The van der Waals surface area contributed by atoms with Crippen molar-refractivity contribution in [2.75, 3.05) is 6.54 Å². The third-order valence-corrected chi connectivity index (χ3v) is 2.75. The molecule has 0 saturated heterocycles. The summed E-state index contributed by atoms with van der Waals surface area (Å²) in [6, 6.07) is 4.23. The Bertz CT molecular complexity index is 370. The van der Waals surface area contributed by atoms with Crippen molar-refractivity contribution in [2.24, 2.45) is 5.92 Å². The Morgan fingerprint density at radius 2 is 2.27 bits per heavy atom.